The summed E-state index contributed by atoms with van der Waals surface area (Å²) in [5.41, 5.74) is 0. The number of hydrogen-bond acceptors (Lipinski definition) is 2. The number of ether oxygens (including phenoxy) is 1. The molecule has 0 spiro atoms. The normalized spacial score (nSPS) is 24.5. The fourth-order valence-electron chi connectivity index (χ4n) is 1.36. The van der Waals surface area contributed by atoms with Crippen LogP contribution in [-0.2, 0) is 4.74 Å². The second kappa shape index (κ2) is 6.62. The zero-order valence-corrected chi connectivity index (χ0v) is 8.26. The van der Waals surface area contributed by atoms with Gasteiger partial charge in [0.15, 0.2) is 0 Å². The lowest BCUT2D eigenvalue weighted by molar-refractivity contribution is 0.277. The standard InChI is InChI=1S/C7H15N.C2H6O/c1-3-7-4-5-8(2)6-7;1-3-2/h7H,3-6H2,1-2H3;1-2H3. The molecule has 1 aliphatic heterocycles. The second-order valence-electron chi connectivity index (χ2n) is 3.23. The zero-order chi connectivity index (χ0) is 8.69. The van der Waals surface area contributed by atoms with E-state index in [1.165, 1.54) is 25.9 Å². The first kappa shape index (κ1) is 10.9. The molecule has 1 heterocycles. The highest BCUT2D eigenvalue weighted by atomic mass is 16.4. The SMILES string of the molecule is CCC1CCN(C)C1.COC. The van der Waals surface area contributed by atoms with Crippen LogP contribution in [0, 0.1) is 5.92 Å². The van der Waals surface area contributed by atoms with E-state index in [0.29, 0.717) is 0 Å². The molecule has 11 heavy (non-hydrogen) atoms. The lowest BCUT2D eigenvalue weighted by Gasteiger charge is -2.05. The Balaban J connectivity index is 0.000000292. The van der Waals surface area contributed by atoms with Crippen LogP contribution in [0.25, 0.3) is 0 Å². The van der Waals surface area contributed by atoms with Crippen molar-refractivity contribution in [1.82, 2.24) is 4.90 Å². The van der Waals surface area contributed by atoms with E-state index in [9.17, 15) is 0 Å². The van der Waals surface area contributed by atoms with E-state index < -0.39 is 0 Å². The van der Waals surface area contributed by atoms with Gasteiger partial charge >= 0.3 is 0 Å². The predicted octanol–water partition coefficient (Wildman–Crippen LogP) is 1.61. The lowest BCUT2D eigenvalue weighted by atomic mass is 10.1. The minimum absolute atomic E-state index is 1.000. The van der Waals surface area contributed by atoms with E-state index in [-0.39, 0.29) is 0 Å². The number of likely N-dealkylation sites (tertiary alicyclic amines) is 1. The molecular weight excluding hydrogens is 138 g/mol. The van der Waals surface area contributed by atoms with Crippen molar-refractivity contribution >= 4 is 0 Å². The van der Waals surface area contributed by atoms with Crippen LogP contribution < -0.4 is 0 Å². The third-order valence-corrected chi connectivity index (χ3v) is 2.07. The Hall–Kier alpha value is -0.0800. The molecule has 0 aromatic heterocycles. The van der Waals surface area contributed by atoms with Crippen molar-refractivity contribution in [1.29, 1.82) is 0 Å². The third-order valence-electron chi connectivity index (χ3n) is 2.07. The highest BCUT2D eigenvalue weighted by Crippen LogP contribution is 2.16. The minimum Gasteiger partial charge on any atom is -0.388 e. The lowest BCUT2D eigenvalue weighted by Crippen LogP contribution is -2.13. The summed E-state index contributed by atoms with van der Waals surface area (Å²) in [5, 5.41) is 0. The van der Waals surface area contributed by atoms with Gasteiger partial charge in [0.2, 0.25) is 0 Å². The zero-order valence-electron chi connectivity index (χ0n) is 8.26. The van der Waals surface area contributed by atoms with Gasteiger partial charge < -0.3 is 9.64 Å². The number of methoxy groups -OCH3 is 1. The first-order chi connectivity index (χ1) is 5.24. The van der Waals surface area contributed by atoms with Crippen LogP contribution in [0.2, 0.25) is 0 Å². The fraction of sp³-hybridized carbons (Fsp3) is 1.00. The topological polar surface area (TPSA) is 12.5 Å². The summed E-state index contributed by atoms with van der Waals surface area (Å²) in [7, 11) is 5.45. The Morgan fingerprint density at radius 3 is 2.18 bits per heavy atom. The summed E-state index contributed by atoms with van der Waals surface area (Å²) in [5.74, 6) is 1.000. The Bertz CT molecular complexity index is 85.6. The molecule has 0 aromatic carbocycles. The van der Waals surface area contributed by atoms with E-state index >= 15 is 0 Å². The van der Waals surface area contributed by atoms with Gasteiger partial charge in [-0.15, -0.1) is 0 Å². The Labute approximate surface area is 70.5 Å². The quantitative estimate of drug-likeness (QED) is 0.576. The summed E-state index contributed by atoms with van der Waals surface area (Å²) < 4.78 is 4.25. The molecule has 1 saturated heterocycles. The molecule has 68 valence electrons. The van der Waals surface area contributed by atoms with Crippen LogP contribution in [0.15, 0.2) is 0 Å². The molecule has 0 amide bonds. The van der Waals surface area contributed by atoms with Crippen molar-refractivity contribution in [2.45, 2.75) is 19.8 Å². The summed E-state index contributed by atoms with van der Waals surface area (Å²) in [6, 6.07) is 0. The van der Waals surface area contributed by atoms with Gasteiger partial charge in [0.25, 0.3) is 0 Å². The smallest absolute Gasteiger partial charge is 0.0351 e. The predicted molar refractivity (Wildman–Crippen MR) is 48.8 cm³/mol. The fourth-order valence-corrected chi connectivity index (χ4v) is 1.36. The van der Waals surface area contributed by atoms with Crippen LogP contribution in [0.5, 0.6) is 0 Å². The highest BCUT2D eigenvalue weighted by Gasteiger charge is 2.16. The monoisotopic (exact) mass is 159 g/mol. The minimum atomic E-state index is 1.000. The van der Waals surface area contributed by atoms with Crippen LogP contribution in [0.3, 0.4) is 0 Å². The maximum absolute atomic E-state index is 4.25. The van der Waals surface area contributed by atoms with E-state index in [2.05, 4.69) is 23.6 Å². The van der Waals surface area contributed by atoms with Crippen molar-refractivity contribution in [3.63, 3.8) is 0 Å². The van der Waals surface area contributed by atoms with Crippen molar-refractivity contribution in [3.05, 3.63) is 0 Å². The summed E-state index contributed by atoms with van der Waals surface area (Å²) in [6.45, 7) is 4.93. The van der Waals surface area contributed by atoms with E-state index in [1.54, 1.807) is 14.2 Å². The molecule has 0 saturated carbocycles. The van der Waals surface area contributed by atoms with E-state index in [0.717, 1.165) is 5.92 Å². The summed E-state index contributed by atoms with van der Waals surface area (Å²) in [6.07, 6.45) is 2.79. The van der Waals surface area contributed by atoms with Crippen molar-refractivity contribution < 1.29 is 4.74 Å². The largest absolute Gasteiger partial charge is 0.388 e. The molecule has 1 aliphatic rings. The van der Waals surface area contributed by atoms with E-state index in [4.69, 9.17) is 0 Å². The molecule has 0 radical (unpaired) electrons. The van der Waals surface area contributed by atoms with Gasteiger partial charge in [-0.1, -0.05) is 13.3 Å². The average Bonchev–Trinajstić information content (AvgIpc) is 2.37. The third kappa shape index (κ3) is 5.22. The van der Waals surface area contributed by atoms with Crippen molar-refractivity contribution in [2.75, 3.05) is 34.4 Å². The molecule has 1 rings (SSSR count). The number of rotatable bonds is 1. The molecule has 0 aromatic rings. The van der Waals surface area contributed by atoms with Crippen molar-refractivity contribution in [3.8, 4) is 0 Å². The molecule has 0 bridgehead atoms. The maximum atomic E-state index is 4.25. The molecule has 1 fully saturated rings. The Kier molecular flexibility index (Phi) is 6.57. The van der Waals surface area contributed by atoms with Crippen LogP contribution >= 0.6 is 0 Å². The molecular formula is C9H21NO. The Morgan fingerprint density at radius 2 is 2.00 bits per heavy atom. The van der Waals surface area contributed by atoms with Gasteiger partial charge in [0.05, 0.1) is 0 Å². The average molecular weight is 159 g/mol. The highest BCUT2D eigenvalue weighted by molar-refractivity contribution is 4.70. The van der Waals surface area contributed by atoms with Gasteiger partial charge in [-0.2, -0.15) is 0 Å². The first-order valence-corrected chi connectivity index (χ1v) is 4.33. The molecule has 0 aliphatic carbocycles. The molecule has 1 unspecified atom stereocenters. The van der Waals surface area contributed by atoms with Gasteiger partial charge in [-0.25, -0.2) is 0 Å². The van der Waals surface area contributed by atoms with Crippen molar-refractivity contribution in [2.24, 2.45) is 5.92 Å². The summed E-state index contributed by atoms with van der Waals surface area (Å²) >= 11 is 0. The van der Waals surface area contributed by atoms with Gasteiger partial charge in [-0.3, -0.25) is 0 Å². The van der Waals surface area contributed by atoms with E-state index in [1.807, 2.05) is 0 Å². The maximum Gasteiger partial charge on any atom is 0.0351 e. The Morgan fingerprint density at radius 1 is 1.45 bits per heavy atom. The van der Waals surface area contributed by atoms with Gasteiger partial charge in [-0.05, 0) is 25.9 Å². The van der Waals surface area contributed by atoms with Crippen LogP contribution in [0.4, 0.5) is 0 Å². The molecule has 2 nitrogen and oxygen atoms in total. The summed E-state index contributed by atoms with van der Waals surface area (Å²) in [4.78, 5) is 2.41. The van der Waals surface area contributed by atoms with Crippen LogP contribution in [0.1, 0.15) is 19.8 Å². The number of hydrogen-bond donors (Lipinski definition) is 0. The number of nitrogens with zero attached hydrogens (tertiary/aromatic N) is 1. The molecule has 2 heteroatoms. The van der Waals surface area contributed by atoms with Crippen LogP contribution in [-0.4, -0.2) is 39.3 Å². The molecule has 1 atom stereocenters. The van der Waals surface area contributed by atoms with Gasteiger partial charge in [0, 0.05) is 20.8 Å². The first-order valence-electron chi connectivity index (χ1n) is 4.33. The van der Waals surface area contributed by atoms with Gasteiger partial charge in [0.1, 0.15) is 0 Å². The molecule has 0 N–H and O–H groups in total. The second-order valence-corrected chi connectivity index (χ2v) is 3.23.